The number of carbonyl (C=O) groups excluding carboxylic acids is 1. The van der Waals surface area contributed by atoms with Gasteiger partial charge in [-0.1, -0.05) is 12.1 Å². The number of rotatable bonds is 5. The number of nitrogens with two attached hydrogens (primary N) is 1. The van der Waals surface area contributed by atoms with Crippen LogP contribution in [0.25, 0.3) is 0 Å². The van der Waals surface area contributed by atoms with Crippen LogP contribution >= 0.6 is 0 Å². The van der Waals surface area contributed by atoms with Gasteiger partial charge in [-0.2, -0.15) is 0 Å². The van der Waals surface area contributed by atoms with Gasteiger partial charge in [0.25, 0.3) is 5.69 Å². The van der Waals surface area contributed by atoms with Gasteiger partial charge in [0.2, 0.25) is 5.91 Å². The number of benzene rings is 2. The molecule has 2 rings (SSSR count). The lowest BCUT2D eigenvalue weighted by Gasteiger charge is -2.08. The predicted octanol–water partition coefficient (Wildman–Crippen LogP) is 2.29. The molecule has 0 saturated heterocycles. The molecule has 0 saturated carbocycles. The van der Waals surface area contributed by atoms with E-state index in [-0.39, 0.29) is 11.3 Å². The lowest BCUT2D eigenvalue weighted by molar-refractivity contribution is -0.384. The van der Waals surface area contributed by atoms with Crippen molar-refractivity contribution in [3.05, 3.63) is 69.3 Å². The minimum Gasteiger partial charge on any atom is -0.497 e. The van der Waals surface area contributed by atoms with Gasteiger partial charge in [0.15, 0.2) is 0 Å². The molecule has 0 unspecified atom stereocenters. The van der Waals surface area contributed by atoms with Crippen molar-refractivity contribution >= 4 is 11.6 Å². The summed E-state index contributed by atoms with van der Waals surface area (Å²) >= 11 is 0. The average Bonchev–Trinajstić information content (AvgIpc) is 2.47. The SMILES string of the molecule is COc1ccc(Cc2cc([N+](=O)[O-])ccc2C(N)=O)cc1. The van der Waals surface area contributed by atoms with Crippen molar-refractivity contribution in [2.75, 3.05) is 7.11 Å². The third-order valence-electron chi connectivity index (χ3n) is 3.12. The van der Waals surface area contributed by atoms with Crippen molar-refractivity contribution < 1.29 is 14.5 Å². The minimum absolute atomic E-state index is 0.0662. The van der Waals surface area contributed by atoms with E-state index in [1.165, 1.54) is 18.2 Å². The Morgan fingerprint density at radius 2 is 1.90 bits per heavy atom. The van der Waals surface area contributed by atoms with E-state index in [1.807, 2.05) is 12.1 Å². The van der Waals surface area contributed by atoms with Gasteiger partial charge in [-0.25, -0.2) is 0 Å². The highest BCUT2D eigenvalue weighted by Gasteiger charge is 2.14. The summed E-state index contributed by atoms with van der Waals surface area (Å²) in [7, 11) is 1.57. The molecule has 108 valence electrons. The smallest absolute Gasteiger partial charge is 0.269 e. The topological polar surface area (TPSA) is 95.5 Å². The van der Waals surface area contributed by atoms with E-state index >= 15 is 0 Å². The molecule has 0 aliphatic rings. The maximum atomic E-state index is 11.4. The summed E-state index contributed by atoms with van der Waals surface area (Å²) in [4.78, 5) is 21.8. The normalized spacial score (nSPS) is 10.1. The number of amides is 1. The Bertz CT molecular complexity index is 681. The van der Waals surface area contributed by atoms with Crippen LogP contribution in [0.2, 0.25) is 0 Å². The summed E-state index contributed by atoms with van der Waals surface area (Å²) in [6, 6.07) is 11.3. The number of ether oxygens (including phenoxy) is 1. The van der Waals surface area contributed by atoms with Gasteiger partial charge >= 0.3 is 0 Å². The van der Waals surface area contributed by atoms with Crippen molar-refractivity contribution in [2.45, 2.75) is 6.42 Å². The van der Waals surface area contributed by atoms with Crippen molar-refractivity contribution in [3.8, 4) is 5.75 Å². The summed E-state index contributed by atoms with van der Waals surface area (Å²) in [5.74, 6) is 0.112. The molecular weight excluding hydrogens is 272 g/mol. The third kappa shape index (κ3) is 3.36. The van der Waals surface area contributed by atoms with E-state index in [1.54, 1.807) is 19.2 Å². The highest BCUT2D eigenvalue weighted by molar-refractivity contribution is 5.94. The molecular formula is C15H14N2O4. The van der Waals surface area contributed by atoms with Crippen LogP contribution < -0.4 is 10.5 Å². The van der Waals surface area contributed by atoms with Crippen molar-refractivity contribution in [2.24, 2.45) is 5.73 Å². The molecule has 0 aliphatic heterocycles. The first-order chi connectivity index (χ1) is 10.0. The van der Waals surface area contributed by atoms with E-state index in [0.717, 1.165) is 5.56 Å². The van der Waals surface area contributed by atoms with Gasteiger partial charge < -0.3 is 10.5 Å². The van der Waals surface area contributed by atoms with Crippen LogP contribution in [0.5, 0.6) is 5.75 Å². The molecule has 0 heterocycles. The van der Waals surface area contributed by atoms with Gasteiger partial charge in [0.05, 0.1) is 12.0 Å². The summed E-state index contributed by atoms with van der Waals surface area (Å²) in [5.41, 5.74) is 6.96. The molecule has 0 fully saturated rings. The zero-order valence-electron chi connectivity index (χ0n) is 11.4. The molecule has 6 nitrogen and oxygen atoms in total. The minimum atomic E-state index is -0.603. The largest absolute Gasteiger partial charge is 0.497 e. The lowest BCUT2D eigenvalue weighted by Crippen LogP contribution is -2.14. The molecule has 0 aromatic heterocycles. The molecule has 2 N–H and O–H groups in total. The van der Waals surface area contributed by atoms with Crippen LogP contribution in [0.4, 0.5) is 5.69 Å². The second-order valence-electron chi connectivity index (χ2n) is 4.49. The molecule has 0 spiro atoms. The van der Waals surface area contributed by atoms with Gasteiger partial charge in [0, 0.05) is 17.7 Å². The first-order valence-electron chi connectivity index (χ1n) is 6.21. The van der Waals surface area contributed by atoms with Gasteiger partial charge in [-0.15, -0.1) is 0 Å². The fourth-order valence-corrected chi connectivity index (χ4v) is 2.04. The maximum Gasteiger partial charge on any atom is 0.269 e. The Morgan fingerprint density at radius 1 is 1.24 bits per heavy atom. The Morgan fingerprint density at radius 3 is 2.43 bits per heavy atom. The van der Waals surface area contributed by atoms with E-state index in [0.29, 0.717) is 17.7 Å². The van der Waals surface area contributed by atoms with Crippen LogP contribution in [0.15, 0.2) is 42.5 Å². The predicted molar refractivity (Wildman–Crippen MR) is 77.4 cm³/mol. The summed E-state index contributed by atoms with van der Waals surface area (Å²) in [6.07, 6.45) is 0.379. The number of non-ortho nitro benzene ring substituents is 1. The highest BCUT2D eigenvalue weighted by Crippen LogP contribution is 2.22. The van der Waals surface area contributed by atoms with Crippen LogP contribution in [-0.4, -0.2) is 17.9 Å². The van der Waals surface area contributed by atoms with Crippen LogP contribution in [0, 0.1) is 10.1 Å². The molecule has 2 aromatic rings. The average molecular weight is 286 g/mol. The maximum absolute atomic E-state index is 11.4. The number of methoxy groups -OCH3 is 1. The first kappa shape index (κ1) is 14.5. The summed E-state index contributed by atoms with van der Waals surface area (Å²) in [6.45, 7) is 0. The molecule has 0 aliphatic carbocycles. The monoisotopic (exact) mass is 286 g/mol. The van der Waals surface area contributed by atoms with Gasteiger partial charge in [-0.3, -0.25) is 14.9 Å². The summed E-state index contributed by atoms with van der Waals surface area (Å²) < 4.78 is 5.07. The summed E-state index contributed by atoms with van der Waals surface area (Å²) in [5, 5.41) is 10.8. The number of nitro groups is 1. The number of nitro benzene ring substituents is 1. The zero-order valence-corrected chi connectivity index (χ0v) is 11.4. The molecule has 0 radical (unpaired) electrons. The third-order valence-corrected chi connectivity index (χ3v) is 3.12. The van der Waals surface area contributed by atoms with Crippen molar-refractivity contribution in [3.63, 3.8) is 0 Å². The zero-order chi connectivity index (χ0) is 15.4. The first-order valence-corrected chi connectivity index (χ1v) is 6.21. The molecule has 0 atom stereocenters. The molecule has 21 heavy (non-hydrogen) atoms. The number of carbonyl (C=O) groups is 1. The fourth-order valence-electron chi connectivity index (χ4n) is 2.04. The fraction of sp³-hybridized carbons (Fsp3) is 0.133. The van der Waals surface area contributed by atoms with Gasteiger partial charge in [0.1, 0.15) is 5.75 Å². The Hall–Kier alpha value is -2.89. The quantitative estimate of drug-likeness (QED) is 0.673. The second kappa shape index (κ2) is 6.04. The molecule has 0 bridgehead atoms. The van der Waals surface area contributed by atoms with E-state index in [9.17, 15) is 14.9 Å². The van der Waals surface area contributed by atoms with Crippen LogP contribution in [0.1, 0.15) is 21.5 Å². The van der Waals surface area contributed by atoms with Gasteiger partial charge in [-0.05, 0) is 35.7 Å². The number of nitrogens with zero attached hydrogens (tertiary/aromatic N) is 1. The number of hydrogen-bond acceptors (Lipinski definition) is 4. The Kier molecular flexibility index (Phi) is 4.18. The van der Waals surface area contributed by atoms with E-state index in [4.69, 9.17) is 10.5 Å². The standard InChI is InChI=1S/C15H14N2O4/c1-21-13-5-2-10(3-6-13)8-11-9-12(17(19)20)4-7-14(11)15(16)18/h2-7,9H,8H2,1H3,(H2,16,18). The molecule has 2 aromatic carbocycles. The number of primary amides is 1. The molecule has 1 amide bonds. The number of hydrogen-bond donors (Lipinski definition) is 1. The van der Waals surface area contributed by atoms with Crippen molar-refractivity contribution in [1.82, 2.24) is 0 Å². The van der Waals surface area contributed by atoms with Crippen LogP contribution in [0.3, 0.4) is 0 Å². The Labute approximate surface area is 121 Å². The van der Waals surface area contributed by atoms with Crippen LogP contribution in [-0.2, 0) is 6.42 Å². The van der Waals surface area contributed by atoms with E-state index < -0.39 is 10.8 Å². The lowest BCUT2D eigenvalue weighted by atomic mass is 9.98. The van der Waals surface area contributed by atoms with E-state index in [2.05, 4.69) is 0 Å². The molecule has 6 heteroatoms. The van der Waals surface area contributed by atoms with Crippen molar-refractivity contribution in [1.29, 1.82) is 0 Å². The second-order valence-corrected chi connectivity index (χ2v) is 4.49. The highest BCUT2D eigenvalue weighted by atomic mass is 16.6. The Balaban J connectivity index is 2.37.